The van der Waals surface area contributed by atoms with Crippen LogP contribution in [0.2, 0.25) is 0 Å². The second-order valence-electron chi connectivity index (χ2n) is 5.36. The highest BCUT2D eigenvalue weighted by Gasteiger charge is 2.38. The third-order valence-electron chi connectivity index (χ3n) is 3.51. The second-order valence-corrected chi connectivity index (χ2v) is 5.36. The molecule has 24 heavy (non-hydrogen) atoms. The fraction of sp³-hybridized carbons (Fsp3) is 0.333. The summed E-state index contributed by atoms with van der Waals surface area (Å²) >= 11 is 0. The molecule has 0 amide bonds. The first kappa shape index (κ1) is 16.3. The highest BCUT2D eigenvalue weighted by Crippen LogP contribution is 2.29. The quantitative estimate of drug-likeness (QED) is 0.614. The molecule has 6 nitrogen and oxygen atoms in total. The molecule has 0 unspecified atom stereocenters. The number of halogens is 3. The zero-order chi connectivity index (χ0) is 17.3. The molecular formula is C15H11F3N2O4. The first-order chi connectivity index (χ1) is 11.3. The molecule has 0 radical (unpaired) electrons. The summed E-state index contributed by atoms with van der Waals surface area (Å²) in [5.41, 5.74) is 0.397. The molecule has 1 aromatic carbocycles. The maximum atomic E-state index is 12.4. The van der Waals surface area contributed by atoms with Gasteiger partial charge in [0.15, 0.2) is 0 Å². The highest BCUT2D eigenvalue weighted by atomic mass is 19.4. The maximum absolute atomic E-state index is 12.4. The molecule has 1 saturated heterocycles. The van der Waals surface area contributed by atoms with Crippen molar-refractivity contribution in [1.29, 1.82) is 0 Å². The smallest absolute Gasteiger partial charge is 0.381 e. The van der Waals surface area contributed by atoms with Crippen LogP contribution in [0.15, 0.2) is 28.8 Å². The number of nitrogens with zero attached hydrogens (tertiary/aromatic N) is 2. The Morgan fingerprint density at radius 3 is 2.33 bits per heavy atom. The molecule has 2 aromatic rings. The monoisotopic (exact) mass is 340 g/mol. The predicted octanol–water partition coefficient (Wildman–Crippen LogP) is 2.54. The van der Waals surface area contributed by atoms with E-state index in [0.717, 1.165) is 0 Å². The zero-order valence-electron chi connectivity index (χ0n) is 12.2. The molecule has 1 aliphatic rings. The van der Waals surface area contributed by atoms with Crippen LogP contribution < -0.4 is 0 Å². The SMILES string of the molecule is O=C(CC1COC1)C(=O)c1ccc(-c2noc(C(F)(F)F)n2)cc1. The minimum Gasteiger partial charge on any atom is -0.381 e. The third-order valence-corrected chi connectivity index (χ3v) is 3.51. The van der Waals surface area contributed by atoms with Crippen LogP contribution in [0.5, 0.6) is 0 Å². The van der Waals surface area contributed by atoms with Gasteiger partial charge in [0.05, 0.1) is 13.2 Å². The normalized spacial score (nSPS) is 15.1. The number of aromatic nitrogens is 2. The van der Waals surface area contributed by atoms with Crippen molar-refractivity contribution >= 4 is 11.6 Å². The molecule has 3 rings (SSSR count). The summed E-state index contributed by atoms with van der Waals surface area (Å²) in [5, 5.41) is 3.25. The van der Waals surface area contributed by atoms with Crippen molar-refractivity contribution in [3.05, 3.63) is 35.7 Å². The fourth-order valence-electron chi connectivity index (χ4n) is 2.14. The number of Topliss-reactive ketones (excluding diaryl/α,β-unsaturated/α-hetero) is 2. The number of hydrogen-bond donors (Lipinski definition) is 0. The average molecular weight is 340 g/mol. The van der Waals surface area contributed by atoms with Crippen molar-refractivity contribution in [3.63, 3.8) is 0 Å². The number of alkyl halides is 3. The van der Waals surface area contributed by atoms with Gasteiger partial charge < -0.3 is 9.26 Å². The minimum atomic E-state index is -4.72. The van der Waals surface area contributed by atoms with Crippen LogP contribution >= 0.6 is 0 Å². The fourth-order valence-corrected chi connectivity index (χ4v) is 2.14. The molecule has 1 aliphatic heterocycles. The summed E-state index contributed by atoms with van der Waals surface area (Å²) < 4.78 is 46.4. The average Bonchev–Trinajstić information content (AvgIpc) is 3.00. The molecule has 0 spiro atoms. The molecule has 0 atom stereocenters. The highest BCUT2D eigenvalue weighted by molar-refractivity contribution is 6.43. The van der Waals surface area contributed by atoms with Crippen LogP contribution in [0, 0.1) is 5.92 Å². The largest absolute Gasteiger partial charge is 0.471 e. The van der Waals surface area contributed by atoms with E-state index in [0.29, 0.717) is 13.2 Å². The Bertz CT molecular complexity index is 764. The Kier molecular flexibility index (Phi) is 4.18. The van der Waals surface area contributed by atoms with Gasteiger partial charge in [-0.1, -0.05) is 29.4 Å². The molecule has 1 aromatic heterocycles. The van der Waals surface area contributed by atoms with Crippen molar-refractivity contribution < 1.29 is 32.0 Å². The van der Waals surface area contributed by atoms with Gasteiger partial charge in [0.1, 0.15) is 0 Å². The van der Waals surface area contributed by atoms with Gasteiger partial charge in [-0.25, -0.2) is 0 Å². The number of carbonyl (C=O) groups excluding carboxylic acids is 2. The van der Waals surface area contributed by atoms with Crippen LogP contribution in [0.1, 0.15) is 22.7 Å². The van der Waals surface area contributed by atoms with E-state index in [1.165, 1.54) is 24.3 Å². The summed E-state index contributed by atoms with van der Waals surface area (Å²) in [6.07, 6.45) is -4.60. The topological polar surface area (TPSA) is 82.3 Å². The van der Waals surface area contributed by atoms with Gasteiger partial charge in [0.25, 0.3) is 0 Å². The van der Waals surface area contributed by atoms with Crippen LogP contribution in [-0.4, -0.2) is 34.9 Å². The molecule has 2 heterocycles. The van der Waals surface area contributed by atoms with Crippen molar-refractivity contribution in [2.24, 2.45) is 5.92 Å². The van der Waals surface area contributed by atoms with Crippen molar-refractivity contribution in [3.8, 4) is 11.4 Å². The van der Waals surface area contributed by atoms with E-state index in [2.05, 4.69) is 14.7 Å². The first-order valence-corrected chi connectivity index (χ1v) is 7.01. The number of hydrogen-bond acceptors (Lipinski definition) is 6. The summed E-state index contributed by atoms with van der Waals surface area (Å²) in [7, 11) is 0. The van der Waals surface area contributed by atoms with E-state index in [1.807, 2.05) is 0 Å². The lowest BCUT2D eigenvalue weighted by Gasteiger charge is -2.24. The summed E-state index contributed by atoms with van der Waals surface area (Å²) in [6.45, 7) is 0.939. The summed E-state index contributed by atoms with van der Waals surface area (Å²) in [4.78, 5) is 27.1. The Labute approximate surface area is 133 Å². The lowest BCUT2D eigenvalue weighted by atomic mass is 9.96. The molecule has 9 heteroatoms. The lowest BCUT2D eigenvalue weighted by molar-refractivity contribution is -0.159. The molecule has 1 fully saturated rings. The predicted molar refractivity (Wildman–Crippen MR) is 73.0 cm³/mol. The van der Waals surface area contributed by atoms with Crippen molar-refractivity contribution in [2.75, 3.05) is 13.2 Å². The van der Waals surface area contributed by atoms with Crippen molar-refractivity contribution in [2.45, 2.75) is 12.6 Å². The lowest BCUT2D eigenvalue weighted by Crippen LogP contribution is -2.31. The first-order valence-electron chi connectivity index (χ1n) is 7.01. The Balaban J connectivity index is 1.71. The second kappa shape index (κ2) is 6.16. The standard InChI is InChI=1S/C15H11F3N2O4/c16-15(17,18)14-19-13(20-24-14)10-3-1-9(2-4-10)12(22)11(21)5-8-6-23-7-8/h1-4,8H,5-7H2. The Morgan fingerprint density at radius 2 is 1.83 bits per heavy atom. The molecule has 0 N–H and O–H groups in total. The third kappa shape index (κ3) is 3.35. The number of benzene rings is 1. The molecule has 126 valence electrons. The number of rotatable bonds is 5. The maximum Gasteiger partial charge on any atom is 0.471 e. The van der Waals surface area contributed by atoms with Gasteiger partial charge in [0.2, 0.25) is 17.4 Å². The number of carbonyl (C=O) groups is 2. The summed E-state index contributed by atoms with van der Waals surface area (Å²) in [5.74, 6) is -2.79. The molecule has 0 bridgehead atoms. The molecule has 0 saturated carbocycles. The van der Waals surface area contributed by atoms with Gasteiger partial charge in [-0.05, 0) is 0 Å². The van der Waals surface area contributed by atoms with E-state index in [4.69, 9.17) is 4.74 Å². The van der Waals surface area contributed by atoms with Crippen molar-refractivity contribution in [1.82, 2.24) is 10.1 Å². The van der Waals surface area contributed by atoms with Gasteiger partial charge in [-0.15, -0.1) is 0 Å². The van der Waals surface area contributed by atoms with Crippen LogP contribution in [-0.2, 0) is 15.7 Å². The van der Waals surface area contributed by atoms with Gasteiger partial charge >= 0.3 is 12.1 Å². The Morgan fingerprint density at radius 1 is 1.17 bits per heavy atom. The van der Waals surface area contributed by atoms with E-state index in [-0.39, 0.29) is 29.3 Å². The van der Waals surface area contributed by atoms with E-state index < -0.39 is 23.6 Å². The molecule has 0 aliphatic carbocycles. The van der Waals surface area contributed by atoms with Crippen LogP contribution in [0.3, 0.4) is 0 Å². The molecular weight excluding hydrogens is 329 g/mol. The van der Waals surface area contributed by atoms with Gasteiger partial charge in [-0.2, -0.15) is 18.2 Å². The van der Waals surface area contributed by atoms with E-state index >= 15 is 0 Å². The van der Waals surface area contributed by atoms with Crippen LogP contribution in [0.4, 0.5) is 13.2 Å². The van der Waals surface area contributed by atoms with Crippen LogP contribution in [0.25, 0.3) is 11.4 Å². The van der Waals surface area contributed by atoms with E-state index in [9.17, 15) is 22.8 Å². The zero-order valence-corrected chi connectivity index (χ0v) is 12.2. The van der Waals surface area contributed by atoms with Gasteiger partial charge in [-0.3, -0.25) is 9.59 Å². The summed E-state index contributed by atoms with van der Waals surface area (Å²) in [6, 6.07) is 5.41. The Hall–Kier alpha value is -2.55. The number of ether oxygens (including phenoxy) is 1. The van der Waals surface area contributed by atoms with E-state index in [1.54, 1.807) is 0 Å². The number of ketones is 2. The van der Waals surface area contributed by atoms with Gasteiger partial charge in [0, 0.05) is 23.5 Å². The minimum absolute atomic E-state index is 0.0702.